The number of ether oxygens (including phenoxy) is 3. The fraction of sp³-hybridized carbons (Fsp3) is 0.680. The molecular formula is C25H37O6P. The minimum atomic E-state index is -1.82. The van der Waals surface area contributed by atoms with Crippen molar-refractivity contribution in [3.63, 3.8) is 0 Å². The second-order valence-electron chi connectivity index (χ2n) is 10.0. The number of carbonyl (C=O) groups excluding carboxylic acids is 2. The van der Waals surface area contributed by atoms with E-state index in [1.807, 2.05) is 6.92 Å². The quantitative estimate of drug-likeness (QED) is 0.180. The van der Waals surface area contributed by atoms with Crippen LogP contribution in [0.1, 0.15) is 76.6 Å². The van der Waals surface area contributed by atoms with Crippen molar-refractivity contribution in [2.75, 3.05) is 20.8 Å². The number of rotatable bonds is 10. The minimum Gasteiger partial charge on any atom is -0.496 e. The summed E-state index contributed by atoms with van der Waals surface area (Å²) in [5.41, 5.74) is 0.218. The molecule has 0 bridgehead atoms. The van der Waals surface area contributed by atoms with Gasteiger partial charge in [-0.25, -0.2) is 0 Å². The highest BCUT2D eigenvalue weighted by molar-refractivity contribution is 7.30. The average Bonchev–Trinajstić information content (AvgIpc) is 2.77. The van der Waals surface area contributed by atoms with Crippen molar-refractivity contribution in [3.8, 4) is 11.5 Å². The number of benzene rings is 1. The highest BCUT2D eigenvalue weighted by Gasteiger charge is 2.56. The lowest BCUT2D eigenvalue weighted by molar-refractivity contribution is -0.148. The second-order valence-corrected chi connectivity index (χ2v) is 10.9. The molecule has 1 aromatic rings. The monoisotopic (exact) mass is 464 g/mol. The van der Waals surface area contributed by atoms with Crippen LogP contribution in [0.25, 0.3) is 0 Å². The van der Waals surface area contributed by atoms with E-state index >= 15 is 0 Å². The molecule has 0 amide bonds. The maximum absolute atomic E-state index is 14.0. The molecule has 0 heterocycles. The van der Waals surface area contributed by atoms with Gasteiger partial charge < -0.3 is 14.2 Å². The van der Waals surface area contributed by atoms with Crippen LogP contribution in [-0.2, 0) is 14.1 Å². The Morgan fingerprint density at radius 2 is 1.62 bits per heavy atom. The van der Waals surface area contributed by atoms with Gasteiger partial charge in [0.05, 0.1) is 20.8 Å². The summed E-state index contributed by atoms with van der Waals surface area (Å²) in [5.74, 6) is -0.979. The van der Waals surface area contributed by atoms with E-state index in [9.17, 15) is 14.2 Å². The summed E-state index contributed by atoms with van der Waals surface area (Å²) in [5, 5.41) is -1.82. The smallest absolute Gasteiger partial charge is 0.332 e. The Hall–Kier alpha value is -1.94. The lowest BCUT2D eigenvalue weighted by Gasteiger charge is -2.35. The number of ketones is 1. The lowest BCUT2D eigenvalue weighted by Crippen LogP contribution is -2.50. The lowest BCUT2D eigenvalue weighted by atomic mass is 9.75. The molecule has 178 valence electrons. The van der Waals surface area contributed by atoms with Gasteiger partial charge in [-0.15, -0.1) is 0 Å². The van der Waals surface area contributed by atoms with Gasteiger partial charge in [0.15, 0.2) is 14.2 Å². The van der Waals surface area contributed by atoms with E-state index < -0.39 is 25.4 Å². The van der Waals surface area contributed by atoms with E-state index in [0.29, 0.717) is 12.8 Å². The molecule has 1 fully saturated rings. The highest BCUT2D eigenvalue weighted by atomic mass is 31.1. The third kappa shape index (κ3) is 5.89. The number of hydrogen-bond donors (Lipinski definition) is 0. The van der Waals surface area contributed by atoms with Crippen molar-refractivity contribution < 1.29 is 28.4 Å². The molecule has 2 atom stereocenters. The summed E-state index contributed by atoms with van der Waals surface area (Å²) >= 11 is 0. The van der Waals surface area contributed by atoms with Crippen LogP contribution in [0, 0.1) is 17.3 Å². The summed E-state index contributed by atoms with van der Waals surface area (Å²) in [6.45, 7) is 8.58. The first-order valence-electron chi connectivity index (χ1n) is 11.4. The van der Waals surface area contributed by atoms with Crippen LogP contribution in [0.15, 0.2) is 18.2 Å². The molecule has 0 aromatic heterocycles. The maximum atomic E-state index is 14.0. The van der Waals surface area contributed by atoms with Gasteiger partial charge in [-0.1, -0.05) is 53.0 Å². The summed E-state index contributed by atoms with van der Waals surface area (Å²) < 4.78 is 29.3. The molecule has 1 aromatic carbocycles. The third-order valence-corrected chi connectivity index (χ3v) is 7.15. The molecule has 0 spiro atoms. The van der Waals surface area contributed by atoms with Crippen LogP contribution in [0.3, 0.4) is 0 Å². The Balaban J connectivity index is 2.47. The van der Waals surface area contributed by atoms with Crippen LogP contribution in [0.2, 0.25) is 0 Å². The average molecular weight is 465 g/mol. The van der Waals surface area contributed by atoms with Gasteiger partial charge in [0.2, 0.25) is 5.16 Å². The zero-order valence-corrected chi connectivity index (χ0v) is 21.1. The third-order valence-electron chi connectivity index (χ3n) is 6.11. The van der Waals surface area contributed by atoms with Gasteiger partial charge in [0.1, 0.15) is 17.1 Å². The number of esters is 1. The minimum absolute atomic E-state index is 0.0870. The largest absolute Gasteiger partial charge is 0.496 e. The van der Waals surface area contributed by atoms with Crippen molar-refractivity contribution in [2.24, 2.45) is 17.3 Å². The number of hydrogen-bond acceptors (Lipinski definition) is 6. The molecular weight excluding hydrogens is 427 g/mol. The number of Topliss-reactive ketones (excluding diaryl/α,β-unsaturated/α-hetero) is 1. The van der Waals surface area contributed by atoms with Crippen molar-refractivity contribution >= 4 is 20.2 Å². The summed E-state index contributed by atoms with van der Waals surface area (Å²) in [7, 11) is 2.35. The molecule has 0 radical (unpaired) electrons. The first-order chi connectivity index (χ1) is 15.1. The normalized spacial score (nSPS) is 17.9. The summed E-state index contributed by atoms with van der Waals surface area (Å²) in [4.78, 5) is 27.6. The van der Waals surface area contributed by atoms with Crippen LogP contribution in [-0.4, -0.2) is 37.7 Å². The van der Waals surface area contributed by atoms with Crippen LogP contribution < -0.4 is 9.47 Å². The van der Waals surface area contributed by atoms with Crippen molar-refractivity contribution in [1.29, 1.82) is 0 Å². The van der Waals surface area contributed by atoms with Crippen LogP contribution in [0.5, 0.6) is 11.5 Å². The Morgan fingerprint density at radius 3 is 2.09 bits per heavy atom. The van der Waals surface area contributed by atoms with Gasteiger partial charge >= 0.3 is 5.97 Å². The van der Waals surface area contributed by atoms with Crippen LogP contribution >= 0.6 is 8.46 Å². The molecule has 0 N–H and O–H groups in total. The predicted octanol–water partition coefficient (Wildman–Crippen LogP) is 6.11. The van der Waals surface area contributed by atoms with Crippen molar-refractivity contribution in [1.82, 2.24) is 0 Å². The first-order valence-corrected chi connectivity index (χ1v) is 12.2. The van der Waals surface area contributed by atoms with Gasteiger partial charge in [-0.05, 0) is 48.6 Å². The molecule has 7 heteroatoms. The number of carbonyl (C=O) groups is 2. The summed E-state index contributed by atoms with van der Waals surface area (Å²) in [6.07, 6.45) is 4.94. The fourth-order valence-electron chi connectivity index (χ4n) is 4.82. The van der Waals surface area contributed by atoms with E-state index in [4.69, 9.17) is 14.2 Å². The maximum Gasteiger partial charge on any atom is 0.332 e. The van der Waals surface area contributed by atoms with Gasteiger partial charge in [-0.2, -0.15) is 0 Å². The zero-order valence-electron chi connectivity index (χ0n) is 20.2. The first kappa shape index (κ1) is 26.3. The predicted molar refractivity (Wildman–Crippen MR) is 125 cm³/mol. The number of methoxy groups -OCH3 is 2. The van der Waals surface area contributed by atoms with Gasteiger partial charge in [-0.3, -0.25) is 14.2 Å². The Bertz CT molecular complexity index is 787. The molecule has 2 rings (SSSR count). The second kappa shape index (κ2) is 11.3. The van der Waals surface area contributed by atoms with E-state index in [0.717, 1.165) is 25.7 Å². The zero-order chi connectivity index (χ0) is 23.9. The molecule has 32 heavy (non-hydrogen) atoms. The van der Waals surface area contributed by atoms with Gasteiger partial charge in [0, 0.05) is 0 Å². The van der Waals surface area contributed by atoms with Crippen molar-refractivity contribution in [3.05, 3.63) is 23.8 Å². The topological polar surface area (TPSA) is 78.9 Å². The Morgan fingerprint density at radius 1 is 1.06 bits per heavy atom. The molecule has 1 aliphatic rings. The van der Waals surface area contributed by atoms with E-state index in [1.165, 1.54) is 14.2 Å². The van der Waals surface area contributed by atoms with Crippen LogP contribution in [0.4, 0.5) is 0 Å². The molecule has 6 nitrogen and oxygen atoms in total. The Labute approximate surface area is 193 Å². The molecule has 0 saturated heterocycles. The standard InChI is InChI=1S/C25H37O6P/c1-17(15-24(2,3)4)16-31-23(27)25(32-28,18-11-8-7-9-12-18)22(26)21-19(29-5)13-10-14-20(21)30-6/h10,13-14,17-18H,7-9,11-12,15-16H2,1-6H3. The van der Waals surface area contributed by atoms with E-state index in [1.54, 1.807) is 18.2 Å². The fourth-order valence-corrected chi connectivity index (χ4v) is 5.56. The van der Waals surface area contributed by atoms with E-state index in [2.05, 4.69) is 20.8 Å². The molecule has 0 aliphatic heterocycles. The summed E-state index contributed by atoms with van der Waals surface area (Å²) in [6, 6.07) is 4.98. The molecule has 1 saturated carbocycles. The Kier molecular flexibility index (Phi) is 9.27. The highest BCUT2D eigenvalue weighted by Crippen LogP contribution is 2.47. The van der Waals surface area contributed by atoms with Crippen molar-refractivity contribution in [2.45, 2.75) is 71.4 Å². The molecule has 1 aliphatic carbocycles. The van der Waals surface area contributed by atoms with E-state index in [-0.39, 0.29) is 40.9 Å². The SMILES string of the molecule is COc1cccc(OC)c1C(=O)C(P=O)(C(=O)OCC(C)CC(C)(C)C)C1CCCCC1. The van der Waals surface area contributed by atoms with Gasteiger partial charge in [0.25, 0.3) is 0 Å². The molecule has 2 unspecified atom stereocenters.